The van der Waals surface area contributed by atoms with E-state index in [2.05, 4.69) is 10.3 Å². The number of nitrogens with one attached hydrogen (secondary N) is 1. The smallest absolute Gasteiger partial charge is 0.228 e. The molecule has 2 aliphatic rings. The van der Waals surface area contributed by atoms with Gasteiger partial charge in [0.2, 0.25) is 11.9 Å². The van der Waals surface area contributed by atoms with Gasteiger partial charge in [-0.15, -0.1) is 0 Å². The van der Waals surface area contributed by atoms with Crippen LogP contribution in [0.15, 0.2) is 18.3 Å². The van der Waals surface area contributed by atoms with E-state index in [-0.39, 0.29) is 11.8 Å². The van der Waals surface area contributed by atoms with Gasteiger partial charge in [-0.25, -0.2) is 4.98 Å². The molecule has 1 heterocycles. The summed E-state index contributed by atoms with van der Waals surface area (Å²) in [5.41, 5.74) is 0.583. The summed E-state index contributed by atoms with van der Waals surface area (Å²) in [6, 6.07) is 2.81. The number of fused-ring (bicyclic) bond motifs is 1. The Hall–Kier alpha value is -1.45. The first-order valence-corrected chi connectivity index (χ1v) is 6.18. The van der Waals surface area contributed by atoms with Crippen LogP contribution in [0.2, 0.25) is 0 Å². The molecular formula is C13H15FN2O. The number of hydrogen-bond acceptors (Lipinski definition) is 2. The van der Waals surface area contributed by atoms with Crippen LogP contribution >= 0.6 is 0 Å². The topological polar surface area (TPSA) is 42.0 Å². The monoisotopic (exact) mass is 234 g/mol. The Morgan fingerprint density at radius 3 is 2.59 bits per heavy atom. The lowest BCUT2D eigenvalue weighted by molar-refractivity contribution is -0.117. The highest BCUT2D eigenvalue weighted by atomic mass is 19.1. The van der Waals surface area contributed by atoms with Crippen molar-refractivity contribution in [3.05, 3.63) is 24.3 Å². The van der Waals surface area contributed by atoms with E-state index in [1.165, 1.54) is 37.9 Å². The van der Waals surface area contributed by atoms with Gasteiger partial charge in [0.1, 0.15) is 0 Å². The molecule has 0 aromatic carbocycles. The van der Waals surface area contributed by atoms with Gasteiger partial charge in [0.05, 0.1) is 11.9 Å². The summed E-state index contributed by atoms with van der Waals surface area (Å²) in [5, 5.41) is 2.82. The number of aromatic nitrogens is 1. The van der Waals surface area contributed by atoms with Crippen LogP contribution < -0.4 is 5.32 Å². The molecule has 0 saturated heterocycles. The first-order chi connectivity index (χ1) is 8.25. The number of pyridine rings is 1. The van der Waals surface area contributed by atoms with E-state index in [9.17, 15) is 9.18 Å². The number of halogens is 1. The molecular weight excluding hydrogens is 219 g/mol. The molecule has 2 atom stereocenters. The summed E-state index contributed by atoms with van der Waals surface area (Å²) in [6.07, 6.45) is 6.24. The number of carbonyl (C=O) groups is 1. The Morgan fingerprint density at radius 2 is 2.00 bits per heavy atom. The Balaban J connectivity index is 1.62. The Labute approximate surface area is 99.4 Å². The standard InChI is InChI=1S/C13H15FN2O/c14-11-6-5-8(7-15-11)16-13(17)12-9-3-1-2-4-10(9)12/h5-7,9-10,12H,1-4H2,(H,16,17). The largest absolute Gasteiger partial charge is 0.324 e. The maximum Gasteiger partial charge on any atom is 0.228 e. The number of rotatable bonds is 2. The molecule has 1 aromatic heterocycles. The average Bonchev–Trinajstić information content (AvgIpc) is 3.06. The van der Waals surface area contributed by atoms with E-state index >= 15 is 0 Å². The molecule has 0 aliphatic heterocycles. The zero-order valence-electron chi connectivity index (χ0n) is 9.53. The average molecular weight is 234 g/mol. The molecule has 0 spiro atoms. The lowest BCUT2D eigenvalue weighted by Gasteiger charge is -2.04. The predicted octanol–water partition coefficient (Wildman–Crippen LogP) is 2.60. The summed E-state index contributed by atoms with van der Waals surface area (Å²) in [4.78, 5) is 15.5. The molecule has 90 valence electrons. The highest BCUT2D eigenvalue weighted by Crippen LogP contribution is 2.55. The Morgan fingerprint density at radius 1 is 1.29 bits per heavy atom. The molecule has 17 heavy (non-hydrogen) atoms. The van der Waals surface area contributed by atoms with Crippen molar-refractivity contribution in [2.75, 3.05) is 5.32 Å². The highest BCUT2D eigenvalue weighted by molar-refractivity contribution is 5.94. The van der Waals surface area contributed by atoms with Crippen molar-refractivity contribution in [3.8, 4) is 0 Å². The maximum absolute atomic E-state index is 12.6. The molecule has 0 bridgehead atoms. The van der Waals surface area contributed by atoms with Crippen molar-refractivity contribution in [2.24, 2.45) is 17.8 Å². The number of carbonyl (C=O) groups excluding carboxylic acids is 1. The van der Waals surface area contributed by atoms with Gasteiger partial charge in [0, 0.05) is 5.92 Å². The third-order valence-electron chi connectivity index (χ3n) is 3.95. The second-order valence-electron chi connectivity index (χ2n) is 5.00. The van der Waals surface area contributed by atoms with Crippen LogP contribution in [0, 0.1) is 23.7 Å². The zero-order valence-corrected chi connectivity index (χ0v) is 9.53. The van der Waals surface area contributed by atoms with Gasteiger partial charge in [0.15, 0.2) is 0 Å². The van der Waals surface area contributed by atoms with Crippen LogP contribution in [0.1, 0.15) is 25.7 Å². The molecule has 1 N–H and O–H groups in total. The summed E-state index contributed by atoms with van der Waals surface area (Å²) in [6.45, 7) is 0. The van der Waals surface area contributed by atoms with Crippen LogP contribution in [0.25, 0.3) is 0 Å². The minimum atomic E-state index is -0.525. The highest BCUT2D eigenvalue weighted by Gasteiger charge is 2.54. The molecule has 0 radical (unpaired) electrons. The second kappa shape index (κ2) is 4.09. The first kappa shape index (κ1) is 10.7. The van der Waals surface area contributed by atoms with Crippen LogP contribution in [-0.2, 0) is 4.79 Å². The summed E-state index contributed by atoms with van der Waals surface area (Å²) in [5.74, 6) is 0.926. The lowest BCUT2D eigenvalue weighted by atomic mass is 10.0. The molecule has 2 saturated carbocycles. The van der Waals surface area contributed by atoms with E-state index < -0.39 is 5.95 Å². The molecule has 3 rings (SSSR count). The van der Waals surface area contributed by atoms with Gasteiger partial charge >= 0.3 is 0 Å². The van der Waals surface area contributed by atoms with E-state index in [0.717, 1.165) is 0 Å². The minimum absolute atomic E-state index is 0.0790. The van der Waals surface area contributed by atoms with Crippen LogP contribution in [0.5, 0.6) is 0 Å². The third kappa shape index (κ3) is 2.04. The zero-order chi connectivity index (χ0) is 11.8. The number of nitrogens with zero attached hydrogens (tertiary/aromatic N) is 1. The van der Waals surface area contributed by atoms with Crippen molar-refractivity contribution >= 4 is 11.6 Å². The van der Waals surface area contributed by atoms with Gasteiger partial charge < -0.3 is 5.32 Å². The van der Waals surface area contributed by atoms with Crippen molar-refractivity contribution in [2.45, 2.75) is 25.7 Å². The van der Waals surface area contributed by atoms with Gasteiger partial charge in [0.25, 0.3) is 0 Å². The van der Waals surface area contributed by atoms with E-state index in [0.29, 0.717) is 17.5 Å². The van der Waals surface area contributed by atoms with E-state index in [1.807, 2.05) is 0 Å². The van der Waals surface area contributed by atoms with E-state index in [1.54, 1.807) is 6.07 Å². The molecule has 1 amide bonds. The predicted molar refractivity (Wildman–Crippen MR) is 61.8 cm³/mol. The van der Waals surface area contributed by atoms with Gasteiger partial charge in [-0.1, -0.05) is 12.8 Å². The third-order valence-corrected chi connectivity index (χ3v) is 3.95. The van der Waals surface area contributed by atoms with Crippen molar-refractivity contribution in [1.82, 2.24) is 4.98 Å². The van der Waals surface area contributed by atoms with Crippen LogP contribution in [0.4, 0.5) is 10.1 Å². The Bertz CT molecular complexity index is 420. The quantitative estimate of drug-likeness (QED) is 0.799. The molecule has 4 heteroatoms. The fraction of sp³-hybridized carbons (Fsp3) is 0.538. The summed E-state index contributed by atoms with van der Waals surface area (Å²) >= 11 is 0. The minimum Gasteiger partial charge on any atom is -0.324 e. The molecule has 2 fully saturated rings. The van der Waals surface area contributed by atoms with Crippen molar-refractivity contribution in [1.29, 1.82) is 0 Å². The number of hydrogen-bond donors (Lipinski definition) is 1. The van der Waals surface area contributed by atoms with Crippen LogP contribution in [-0.4, -0.2) is 10.9 Å². The molecule has 2 unspecified atom stereocenters. The Kier molecular flexibility index (Phi) is 2.57. The fourth-order valence-electron chi connectivity index (χ4n) is 3.06. The van der Waals surface area contributed by atoms with E-state index in [4.69, 9.17) is 0 Å². The SMILES string of the molecule is O=C(Nc1ccc(F)nc1)C1C2CCCCC21. The second-order valence-corrected chi connectivity index (χ2v) is 5.00. The number of anilines is 1. The fourth-order valence-corrected chi connectivity index (χ4v) is 3.06. The first-order valence-electron chi connectivity index (χ1n) is 6.18. The lowest BCUT2D eigenvalue weighted by Crippen LogP contribution is -2.15. The van der Waals surface area contributed by atoms with Gasteiger partial charge in [-0.2, -0.15) is 4.39 Å². The molecule has 2 aliphatic carbocycles. The van der Waals surface area contributed by atoms with Gasteiger partial charge in [-0.05, 0) is 36.8 Å². The summed E-state index contributed by atoms with van der Waals surface area (Å²) in [7, 11) is 0. The van der Waals surface area contributed by atoms with Crippen LogP contribution in [0.3, 0.4) is 0 Å². The maximum atomic E-state index is 12.6. The normalized spacial score (nSPS) is 30.5. The van der Waals surface area contributed by atoms with Crippen molar-refractivity contribution in [3.63, 3.8) is 0 Å². The molecule has 3 nitrogen and oxygen atoms in total. The van der Waals surface area contributed by atoms with Gasteiger partial charge in [-0.3, -0.25) is 4.79 Å². The number of amides is 1. The van der Waals surface area contributed by atoms with Crippen molar-refractivity contribution < 1.29 is 9.18 Å². The summed E-state index contributed by atoms with van der Waals surface area (Å²) < 4.78 is 12.6. The molecule has 1 aromatic rings.